The van der Waals surface area contributed by atoms with Crippen LogP contribution in [0.5, 0.6) is 0 Å². The van der Waals surface area contributed by atoms with E-state index in [-0.39, 0.29) is 5.82 Å². The van der Waals surface area contributed by atoms with E-state index in [4.69, 9.17) is 5.11 Å². The lowest BCUT2D eigenvalue weighted by molar-refractivity contribution is -0.131. The van der Waals surface area contributed by atoms with Crippen LogP contribution in [-0.2, 0) is 11.3 Å². The zero-order valence-electron chi connectivity index (χ0n) is 10.9. The molecule has 0 heterocycles. The SMILES string of the molecule is CC(C)N(C)Cc1ccc(F)cc1C=CC(=O)O. The molecule has 18 heavy (non-hydrogen) atoms. The summed E-state index contributed by atoms with van der Waals surface area (Å²) in [6.45, 7) is 4.78. The normalized spacial score (nSPS) is 11.7. The van der Waals surface area contributed by atoms with E-state index in [1.165, 1.54) is 18.2 Å². The van der Waals surface area contributed by atoms with E-state index < -0.39 is 5.97 Å². The van der Waals surface area contributed by atoms with Crippen molar-refractivity contribution in [1.29, 1.82) is 0 Å². The fourth-order valence-corrected chi connectivity index (χ4v) is 1.48. The second kappa shape index (κ2) is 6.31. The number of nitrogens with zero attached hydrogens (tertiary/aromatic N) is 1. The molecule has 0 saturated heterocycles. The molecule has 0 amide bonds. The van der Waals surface area contributed by atoms with Gasteiger partial charge in [0.2, 0.25) is 0 Å². The molecule has 0 aromatic heterocycles. The van der Waals surface area contributed by atoms with Crippen LogP contribution >= 0.6 is 0 Å². The van der Waals surface area contributed by atoms with Crippen molar-refractivity contribution in [3.8, 4) is 0 Å². The van der Waals surface area contributed by atoms with Crippen LogP contribution in [0.2, 0.25) is 0 Å². The van der Waals surface area contributed by atoms with Crippen LogP contribution < -0.4 is 0 Å². The Balaban J connectivity index is 2.99. The van der Waals surface area contributed by atoms with Gasteiger partial charge in [-0.15, -0.1) is 0 Å². The smallest absolute Gasteiger partial charge is 0.328 e. The van der Waals surface area contributed by atoms with E-state index in [1.807, 2.05) is 7.05 Å². The molecule has 0 radical (unpaired) electrons. The third-order valence-corrected chi connectivity index (χ3v) is 2.81. The molecule has 0 aliphatic heterocycles. The zero-order chi connectivity index (χ0) is 13.7. The lowest BCUT2D eigenvalue weighted by Gasteiger charge is -2.22. The van der Waals surface area contributed by atoms with Crippen LogP contribution in [0, 0.1) is 5.82 Å². The van der Waals surface area contributed by atoms with Gasteiger partial charge in [0.1, 0.15) is 5.82 Å². The van der Waals surface area contributed by atoms with E-state index in [1.54, 1.807) is 6.07 Å². The fraction of sp³-hybridized carbons (Fsp3) is 0.357. The number of carbonyl (C=O) groups is 1. The standard InChI is InChI=1S/C14H18FNO2/c1-10(2)16(3)9-12-4-6-13(15)8-11(12)5-7-14(17)18/h4-8,10H,9H2,1-3H3,(H,17,18). The largest absolute Gasteiger partial charge is 0.478 e. The molecule has 3 nitrogen and oxygen atoms in total. The van der Waals surface area contributed by atoms with Crippen LogP contribution in [0.4, 0.5) is 4.39 Å². The quantitative estimate of drug-likeness (QED) is 0.818. The minimum absolute atomic E-state index is 0.365. The van der Waals surface area contributed by atoms with Crippen molar-refractivity contribution in [3.05, 3.63) is 41.2 Å². The van der Waals surface area contributed by atoms with Crippen LogP contribution in [0.15, 0.2) is 24.3 Å². The van der Waals surface area contributed by atoms with Gasteiger partial charge in [-0.3, -0.25) is 4.90 Å². The molecule has 0 unspecified atom stereocenters. The Hall–Kier alpha value is -1.68. The van der Waals surface area contributed by atoms with Crippen molar-refractivity contribution in [2.24, 2.45) is 0 Å². The summed E-state index contributed by atoms with van der Waals surface area (Å²) >= 11 is 0. The van der Waals surface area contributed by atoms with Crippen molar-refractivity contribution in [1.82, 2.24) is 4.90 Å². The average molecular weight is 251 g/mol. The van der Waals surface area contributed by atoms with Gasteiger partial charge in [0.25, 0.3) is 0 Å². The summed E-state index contributed by atoms with van der Waals surface area (Å²) < 4.78 is 13.2. The molecular formula is C14H18FNO2. The van der Waals surface area contributed by atoms with E-state index in [0.29, 0.717) is 18.2 Å². The average Bonchev–Trinajstić information content (AvgIpc) is 2.29. The number of carboxylic acids is 1. The number of benzene rings is 1. The lowest BCUT2D eigenvalue weighted by Crippen LogP contribution is -2.25. The number of hydrogen-bond acceptors (Lipinski definition) is 2. The highest BCUT2D eigenvalue weighted by atomic mass is 19.1. The topological polar surface area (TPSA) is 40.5 Å². The van der Waals surface area contributed by atoms with Gasteiger partial charge in [0, 0.05) is 18.7 Å². The molecule has 0 fully saturated rings. The highest BCUT2D eigenvalue weighted by Crippen LogP contribution is 2.16. The molecule has 0 saturated carbocycles. The second-order valence-electron chi connectivity index (χ2n) is 4.52. The Morgan fingerprint density at radius 1 is 1.50 bits per heavy atom. The molecule has 0 bridgehead atoms. The highest BCUT2D eigenvalue weighted by molar-refractivity contribution is 5.85. The fourth-order valence-electron chi connectivity index (χ4n) is 1.48. The highest BCUT2D eigenvalue weighted by Gasteiger charge is 2.08. The molecular weight excluding hydrogens is 233 g/mol. The van der Waals surface area contributed by atoms with E-state index >= 15 is 0 Å². The first-order valence-electron chi connectivity index (χ1n) is 5.80. The monoisotopic (exact) mass is 251 g/mol. The van der Waals surface area contributed by atoms with Crippen LogP contribution in [0.3, 0.4) is 0 Å². The first-order chi connectivity index (χ1) is 8.40. The number of rotatable bonds is 5. The molecule has 1 aromatic rings. The van der Waals surface area contributed by atoms with Gasteiger partial charge < -0.3 is 5.11 Å². The Morgan fingerprint density at radius 3 is 2.72 bits per heavy atom. The van der Waals surface area contributed by atoms with Crippen molar-refractivity contribution >= 4 is 12.0 Å². The lowest BCUT2D eigenvalue weighted by atomic mass is 10.1. The van der Waals surface area contributed by atoms with Gasteiger partial charge in [0.15, 0.2) is 0 Å². The first kappa shape index (κ1) is 14.4. The van der Waals surface area contributed by atoms with Crippen molar-refractivity contribution < 1.29 is 14.3 Å². The van der Waals surface area contributed by atoms with E-state index in [2.05, 4.69) is 18.7 Å². The summed E-state index contributed by atoms with van der Waals surface area (Å²) in [5.74, 6) is -1.40. The van der Waals surface area contributed by atoms with Crippen LogP contribution in [0.25, 0.3) is 6.08 Å². The summed E-state index contributed by atoms with van der Waals surface area (Å²) in [6.07, 6.45) is 2.45. The Labute approximate surface area is 107 Å². The summed E-state index contributed by atoms with van der Waals surface area (Å²) in [7, 11) is 1.97. The number of carboxylic acid groups (broad SMARTS) is 1. The van der Waals surface area contributed by atoms with Gasteiger partial charge >= 0.3 is 5.97 Å². The van der Waals surface area contributed by atoms with Gasteiger partial charge in [-0.25, -0.2) is 9.18 Å². The third-order valence-electron chi connectivity index (χ3n) is 2.81. The van der Waals surface area contributed by atoms with Gasteiger partial charge in [-0.2, -0.15) is 0 Å². The summed E-state index contributed by atoms with van der Waals surface area (Å²) in [6, 6.07) is 4.80. The van der Waals surface area contributed by atoms with E-state index in [0.717, 1.165) is 11.6 Å². The minimum atomic E-state index is -1.04. The molecule has 4 heteroatoms. The summed E-state index contributed by atoms with van der Waals surface area (Å²) in [5.41, 5.74) is 1.51. The van der Waals surface area contributed by atoms with Crippen molar-refractivity contribution in [2.75, 3.05) is 7.05 Å². The minimum Gasteiger partial charge on any atom is -0.478 e. The molecule has 1 rings (SSSR count). The molecule has 0 aliphatic rings. The zero-order valence-corrected chi connectivity index (χ0v) is 10.9. The molecule has 0 atom stereocenters. The van der Waals surface area contributed by atoms with Gasteiger partial charge in [-0.05, 0) is 50.2 Å². The predicted molar refractivity (Wildman–Crippen MR) is 69.7 cm³/mol. The molecule has 1 aromatic carbocycles. The molecule has 98 valence electrons. The van der Waals surface area contributed by atoms with Gasteiger partial charge in [-0.1, -0.05) is 6.07 Å². The third kappa shape index (κ3) is 4.30. The molecule has 1 N–H and O–H groups in total. The summed E-state index contributed by atoms with van der Waals surface area (Å²) in [5, 5.41) is 8.61. The Morgan fingerprint density at radius 2 is 2.17 bits per heavy atom. The number of aliphatic carboxylic acids is 1. The van der Waals surface area contributed by atoms with Crippen LogP contribution in [-0.4, -0.2) is 29.1 Å². The number of halogens is 1. The summed E-state index contributed by atoms with van der Waals surface area (Å²) in [4.78, 5) is 12.6. The van der Waals surface area contributed by atoms with Crippen molar-refractivity contribution in [2.45, 2.75) is 26.4 Å². The predicted octanol–water partition coefficient (Wildman–Crippen LogP) is 2.76. The van der Waals surface area contributed by atoms with Crippen molar-refractivity contribution in [3.63, 3.8) is 0 Å². The van der Waals surface area contributed by atoms with Crippen LogP contribution in [0.1, 0.15) is 25.0 Å². The second-order valence-corrected chi connectivity index (χ2v) is 4.52. The maximum Gasteiger partial charge on any atom is 0.328 e. The number of hydrogen-bond donors (Lipinski definition) is 1. The Bertz CT molecular complexity index is 455. The molecule has 0 spiro atoms. The van der Waals surface area contributed by atoms with Gasteiger partial charge in [0.05, 0.1) is 0 Å². The Kier molecular flexibility index (Phi) is 5.04. The maximum absolute atomic E-state index is 13.2. The van der Waals surface area contributed by atoms with E-state index in [9.17, 15) is 9.18 Å². The maximum atomic E-state index is 13.2. The molecule has 0 aliphatic carbocycles. The first-order valence-corrected chi connectivity index (χ1v) is 5.80.